The van der Waals surface area contributed by atoms with E-state index in [0.29, 0.717) is 18.5 Å². The van der Waals surface area contributed by atoms with E-state index in [0.717, 1.165) is 31.2 Å². The number of thiazole rings is 1. The van der Waals surface area contributed by atoms with E-state index >= 15 is 0 Å². The lowest BCUT2D eigenvalue weighted by Gasteiger charge is -2.30. The SMILES string of the molecule is COCC(C)NC(N)=NCC1CCN(Cc2csc(C)n2)CC1.I. The van der Waals surface area contributed by atoms with Gasteiger partial charge >= 0.3 is 0 Å². The largest absolute Gasteiger partial charge is 0.383 e. The third kappa shape index (κ3) is 7.62. The van der Waals surface area contributed by atoms with Crippen molar-refractivity contribution in [2.24, 2.45) is 16.6 Å². The fraction of sp³-hybridized carbons (Fsp3) is 0.750. The van der Waals surface area contributed by atoms with E-state index < -0.39 is 0 Å². The number of ether oxygens (including phenoxy) is 1. The van der Waals surface area contributed by atoms with Crippen LogP contribution in [0.2, 0.25) is 0 Å². The van der Waals surface area contributed by atoms with Gasteiger partial charge in [0.15, 0.2) is 5.96 Å². The zero-order chi connectivity index (χ0) is 16.7. The van der Waals surface area contributed by atoms with Crippen LogP contribution in [0.25, 0.3) is 0 Å². The molecule has 1 unspecified atom stereocenters. The molecule has 0 bridgehead atoms. The summed E-state index contributed by atoms with van der Waals surface area (Å²) in [6, 6.07) is 0.187. The van der Waals surface area contributed by atoms with Crippen LogP contribution >= 0.6 is 35.3 Å². The zero-order valence-corrected chi connectivity index (χ0v) is 18.0. The van der Waals surface area contributed by atoms with Crippen LogP contribution in [-0.4, -0.2) is 55.2 Å². The summed E-state index contributed by atoms with van der Waals surface area (Å²) in [5.74, 6) is 1.15. The standard InChI is InChI=1S/C16H29N5OS.HI/c1-12(10-22-3)19-16(17)18-8-14-4-6-21(7-5-14)9-15-11-23-13(2)20-15;/h11-12,14H,4-10H2,1-3H3,(H3,17,18,19);1H. The van der Waals surface area contributed by atoms with Crippen molar-refractivity contribution >= 4 is 41.3 Å². The maximum atomic E-state index is 5.92. The lowest BCUT2D eigenvalue weighted by Crippen LogP contribution is -2.41. The van der Waals surface area contributed by atoms with Gasteiger partial charge in [-0.2, -0.15) is 0 Å². The zero-order valence-electron chi connectivity index (χ0n) is 14.8. The smallest absolute Gasteiger partial charge is 0.188 e. The van der Waals surface area contributed by atoms with Crippen LogP contribution in [0, 0.1) is 12.8 Å². The van der Waals surface area contributed by atoms with Crippen molar-refractivity contribution in [3.8, 4) is 0 Å². The molecule has 1 aliphatic rings. The third-order valence-electron chi connectivity index (χ3n) is 4.09. The molecule has 0 saturated carbocycles. The van der Waals surface area contributed by atoms with E-state index in [4.69, 9.17) is 10.5 Å². The molecule has 0 aromatic carbocycles. The Kier molecular flexibility index (Phi) is 10.1. The minimum atomic E-state index is 0. The van der Waals surface area contributed by atoms with Gasteiger partial charge in [-0.05, 0) is 45.7 Å². The van der Waals surface area contributed by atoms with Gasteiger partial charge < -0.3 is 15.8 Å². The van der Waals surface area contributed by atoms with E-state index in [9.17, 15) is 0 Å². The Morgan fingerprint density at radius 2 is 2.25 bits per heavy atom. The number of rotatable bonds is 7. The number of methoxy groups -OCH3 is 1. The number of hydrogen-bond acceptors (Lipinski definition) is 5. The summed E-state index contributed by atoms with van der Waals surface area (Å²) in [5.41, 5.74) is 7.12. The average molecular weight is 467 g/mol. The fourth-order valence-corrected chi connectivity index (χ4v) is 3.46. The molecule has 2 heterocycles. The summed E-state index contributed by atoms with van der Waals surface area (Å²) in [6.07, 6.45) is 2.35. The van der Waals surface area contributed by atoms with Gasteiger partial charge in [0.1, 0.15) is 0 Å². The number of hydrogen-bond donors (Lipinski definition) is 2. The predicted molar refractivity (Wildman–Crippen MR) is 111 cm³/mol. The summed E-state index contributed by atoms with van der Waals surface area (Å²) in [4.78, 5) is 11.5. The first-order chi connectivity index (χ1) is 11.1. The monoisotopic (exact) mass is 467 g/mol. The van der Waals surface area contributed by atoms with Crippen molar-refractivity contribution in [2.45, 2.75) is 39.3 Å². The van der Waals surface area contributed by atoms with Gasteiger partial charge in [-0.3, -0.25) is 9.89 Å². The summed E-state index contributed by atoms with van der Waals surface area (Å²) in [6.45, 7) is 8.73. The van der Waals surface area contributed by atoms with Crippen LogP contribution < -0.4 is 11.1 Å². The Hall–Kier alpha value is -0.450. The molecule has 1 atom stereocenters. The van der Waals surface area contributed by atoms with Gasteiger partial charge in [0.05, 0.1) is 17.3 Å². The molecule has 8 heteroatoms. The first-order valence-corrected chi connectivity index (χ1v) is 9.13. The molecule has 0 aliphatic carbocycles. The maximum Gasteiger partial charge on any atom is 0.188 e. The van der Waals surface area contributed by atoms with E-state index in [1.54, 1.807) is 18.4 Å². The van der Waals surface area contributed by atoms with Crippen LogP contribution in [0.3, 0.4) is 0 Å². The number of aliphatic imine (C=N–C) groups is 1. The van der Waals surface area contributed by atoms with E-state index in [2.05, 4.69) is 32.5 Å². The molecule has 1 saturated heterocycles. The van der Waals surface area contributed by atoms with E-state index in [1.165, 1.54) is 18.5 Å². The first kappa shape index (κ1) is 21.6. The first-order valence-electron chi connectivity index (χ1n) is 8.25. The number of piperidine rings is 1. The van der Waals surface area contributed by atoms with Gasteiger partial charge in [0.2, 0.25) is 0 Å². The molecule has 0 spiro atoms. The number of guanidine groups is 1. The number of aryl methyl sites for hydroxylation is 1. The van der Waals surface area contributed by atoms with Gasteiger partial charge in [-0.1, -0.05) is 0 Å². The molecule has 1 fully saturated rings. The number of nitrogens with two attached hydrogens (primary N) is 1. The van der Waals surface area contributed by atoms with E-state index in [-0.39, 0.29) is 30.0 Å². The summed E-state index contributed by atoms with van der Waals surface area (Å²) in [7, 11) is 1.69. The second-order valence-electron chi connectivity index (χ2n) is 6.30. The minimum Gasteiger partial charge on any atom is -0.383 e. The molecule has 3 N–H and O–H groups in total. The Morgan fingerprint density at radius 1 is 1.54 bits per heavy atom. The van der Waals surface area contributed by atoms with Crippen LogP contribution in [-0.2, 0) is 11.3 Å². The topological polar surface area (TPSA) is 75.8 Å². The average Bonchev–Trinajstić information content (AvgIpc) is 2.92. The number of nitrogens with zero attached hydrogens (tertiary/aromatic N) is 3. The van der Waals surface area contributed by atoms with Gasteiger partial charge in [-0.15, -0.1) is 35.3 Å². The fourth-order valence-electron chi connectivity index (χ4n) is 2.85. The second kappa shape index (κ2) is 11.2. The van der Waals surface area contributed by atoms with Crippen LogP contribution in [0.15, 0.2) is 10.4 Å². The van der Waals surface area contributed by atoms with Crippen molar-refractivity contribution in [1.82, 2.24) is 15.2 Å². The van der Waals surface area contributed by atoms with Crippen LogP contribution in [0.5, 0.6) is 0 Å². The van der Waals surface area contributed by atoms with Crippen molar-refractivity contribution in [3.63, 3.8) is 0 Å². The highest BCUT2D eigenvalue weighted by Gasteiger charge is 2.19. The number of halogens is 1. The lowest BCUT2D eigenvalue weighted by atomic mass is 9.97. The molecule has 6 nitrogen and oxygen atoms in total. The normalized spacial score (nSPS) is 18.2. The summed E-state index contributed by atoms with van der Waals surface area (Å²) >= 11 is 1.73. The summed E-state index contributed by atoms with van der Waals surface area (Å²) in [5, 5.41) is 6.46. The van der Waals surface area contributed by atoms with Gasteiger partial charge in [0, 0.05) is 31.6 Å². The molecule has 1 aromatic rings. The number of nitrogens with one attached hydrogen (secondary N) is 1. The Bertz CT molecular complexity index is 502. The minimum absolute atomic E-state index is 0. The molecular formula is C16H30IN5OS. The molecule has 138 valence electrons. The lowest BCUT2D eigenvalue weighted by molar-refractivity contribution is 0.177. The van der Waals surface area contributed by atoms with Gasteiger partial charge in [0.25, 0.3) is 0 Å². The van der Waals surface area contributed by atoms with Crippen molar-refractivity contribution < 1.29 is 4.74 Å². The summed E-state index contributed by atoms with van der Waals surface area (Å²) < 4.78 is 5.08. The molecular weight excluding hydrogens is 437 g/mol. The Labute approximate surface area is 166 Å². The molecule has 0 radical (unpaired) electrons. The number of likely N-dealkylation sites (tertiary alicyclic amines) is 1. The highest BCUT2D eigenvalue weighted by Crippen LogP contribution is 2.20. The maximum absolute atomic E-state index is 5.92. The predicted octanol–water partition coefficient (Wildman–Crippen LogP) is 2.22. The van der Waals surface area contributed by atoms with Crippen molar-refractivity contribution in [2.75, 3.05) is 33.4 Å². The molecule has 1 aliphatic heterocycles. The molecule has 2 rings (SSSR count). The second-order valence-corrected chi connectivity index (χ2v) is 7.37. The van der Waals surface area contributed by atoms with Crippen molar-refractivity contribution in [1.29, 1.82) is 0 Å². The van der Waals surface area contributed by atoms with Crippen LogP contribution in [0.4, 0.5) is 0 Å². The van der Waals surface area contributed by atoms with Crippen molar-refractivity contribution in [3.05, 3.63) is 16.1 Å². The Morgan fingerprint density at radius 3 is 2.83 bits per heavy atom. The van der Waals surface area contributed by atoms with E-state index in [1.807, 2.05) is 6.92 Å². The molecule has 0 amide bonds. The third-order valence-corrected chi connectivity index (χ3v) is 4.91. The number of aromatic nitrogens is 1. The highest BCUT2D eigenvalue weighted by molar-refractivity contribution is 14.0. The Balaban J connectivity index is 0.00000288. The van der Waals surface area contributed by atoms with Crippen LogP contribution in [0.1, 0.15) is 30.5 Å². The van der Waals surface area contributed by atoms with Gasteiger partial charge in [-0.25, -0.2) is 4.98 Å². The quantitative estimate of drug-likeness (QED) is 0.366. The molecule has 24 heavy (non-hydrogen) atoms. The highest BCUT2D eigenvalue weighted by atomic mass is 127. The molecule has 1 aromatic heterocycles.